The number of aromatic nitrogens is 1. The molecule has 0 bridgehead atoms. The van der Waals surface area contributed by atoms with Crippen molar-refractivity contribution in [3.63, 3.8) is 0 Å². The van der Waals surface area contributed by atoms with Crippen LogP contribution in [0.15, 0.2) is 48.5 Å². The first-order valence-corrected chi connectivity index (χ1v) is 9.45. The minimum absolute atomic E-state index is 0.0489. The van der Waals surface area contributed by atoms with Crippen LogP contribution in [0.2, 0.25) is 0 Å². The Balaban J connectivity index is 1.52. The smallest absolute Gasteiger partial charge is 0.219 e. The number of benzene rings is 2. The van der Waals surface area contributed by atoms with E-state index in [9.17, 15) is 4.79 Å². The fourth-order valence-electron chi connectivity index (χ4n) is 3.50. The Labute approximate surface area is 159 Å². The van der Waals surface area contributed by atoms with Gasteiger partial charge >= 0.3 is 0 Å². The highest BCUT2D eigenvalue weighted by Gasteiger charge is 2.17. The molecule has 3 aromatic rings. The van der Waals surface area contributed by atoms with Gasteiger partial charge in [0.1, 0.15) is 11.5 Å². The molecule has 4 rings (SSSR count). The van der Waals surface area contributed by atoms with Gasteiger partial charge in [-0.1, -0.05) is 0 Å². The van der Waals surface area contributed by atoms with E-state index in [1.165, 1.54) is 12.8 Å². The molecule has 4 nitrogen and oxygen atoms in total. The van der Waals surface area contributed by atoms with Gasteiger partial charge in [0, 0.05) is 17.0 Å². The first-order chi connectivity index (χ1) is 13.1. The average molecular weight is 361 g/mol. The van der Waals surface area contributed by atoms with Crippen molar-refractivity contribution in [3.8, 4) is 17.4 Å². The number of carbonyl (C=O) groups excluding carboxylic acids is 1. The highest BCUT2D eigenvalue weighted by molar-refractivity contribution is 5.97. The molecule has 2 aromatic carbocycles. The summed E-state index contributed by atoms with van der Waals surface area (Å²) in [7, 11) is 0. The average Bonchev–Trinajstić information content (AvgIpc) is 3.16. The van der Waals surface area contributed by atoms with Crippen molar-refractivity contribution in [2.75, 3.05) is 0 Å². The summed E-state index contributed by atoms with van der Waals surface area (Å²) in [5.41, 5.74) is 2.50. The molecule has 138 valence electrons. The Bertz CT molecular complexity index is 990. The Morgan fingerprint density at radius 3 is 2.59 bits per heavy atom. The summed E-state index contributed by atoms with van der Waals surface area (Å²) in [5, 5.41) is 0.923. The van der Waals surface area contributed by atoms with Gasteiger partial charge in [-0.05, 0) is 87.6 Å². The SMILES string of the molecule is CC(=O)c1ccc2nc(Oc3ccc(OC4CCCC4)cc3C)ccc2c1. The lowest BCUT2D eigenvalue weighted by molar-refractivity contribution is 0.101. The van der Waals surface area contributed by atoms with E-state index in [1.807, 2.05) is 49.4 Å². The lowest BCUT2D eigenvalue weighted by Crippen LogP contribution is -2.10. The number of hydrogen-bond acceptors (Lipinski definition) is 4. The minimum Gasteiger partial charge on any atom is -0.490 e. The van der Waals surface area contributed by atoms with Gasteiger partial charge in [-0.3, -0.25) is 4.79 Å². The van der Waals surface area contributed by atoms with E-state index in [4.69, 9.17) is 9.47 Å². The summed E-state index contributed by atoms with van der Waals surface area (Å²) in [6, 6.07) is 15.2. The van der Waals surface area contributed by atoms with Crippen LogP contribution >= 0.6 is 0 Å². The van der Waals surface area contributed by atoms with Crippen molar-refractivity contribution < 1.29 is 14.3 Å². The summed E-state index contributed by atoms with van der Waals surface area (Å²) in [6.45, 7) is 3.58. The van der Waals surface area contributed by atoms with Gasteiger partial charge in [0.2, 0.25) is 5.88 Å². The number of ether oxygens (including phenoxy) is 2. The van der Waals surface area contributed by atoms with Crippen molar-refractivity contribution in [1.82, 2.24) is 4.98 Å². The zero-order chi connectivity index (χ0) is 18.8. The molecular formula is C23H23NO3. The number of pyridine rings is 1. The molecule has 27 heavy (non-hydrogen) atoms. The van der Waals surface area contributed by atoms with Gasteiger partial charge in [-0.25, -0.2) is 4.98 Å². The Kier molecular flexibility index (Phi) is 4.80. The number of hydrogen-bond donors (Lipinski definition) is 0. The number of Topliss-reactive ketones (excluding diaryl/α,β-unsaturated/α-hetero) is 1. The largest absolute Gasteiger partial charge is 0.490 e. The van der Waals surface area contributed by atoms with Crippen LogP contribution in [0.3, 0.4) is 0 Å². The molecule has 0 saturated heterocycles. The van der Waals surface area contributed by atoms with Crippen molar-refractivity contribution in [2.45, 2.75) is 45.6 Å². The summed E-state index contributed by atoms with van der Waals surface area (Å²) < 4.78 is 12.0. The van der Waals surface area contributed by atoms with Crippen LogP contribution in [-0.4, -0.2) is 16.9 Å². The maximum atomic E-state index is 11.5. The quantitative estimate of drug-likeness (QED) is 0.534. The number of nitrogens with zero attached hydrogens (tertiary/aromatic N) is 1. The predicted octanol–water partition coefficient (Wildman–Crippen LogP) is 5.86. The summed E-state index contributed by atoms with van der Waals surface area (Å²) >= 11 is 0. The maximum Gasteiger partial charge on any atom is 0.219 e. The van der Waals surface area contributed by atoms with Crippen molar-refractivity contribution >= 4 is 16.7 Å². The van der Waals surface area contributed by atoms with Gasteiger partial charge in [0.05, 0.1) is 11.6 Å². The summed E-state index contributed by atoms with van der Waals surface area (Å²) in [5.74, 6) is 2.24. The number of ketones is 1. The van der Waals surface area contributed by atoms with Gasteiger partial charge in [-0.2, -0.15) is 0 Å². The zero-order valence-electron chi connectivity index (χ0n) is 15.7. The Hall–Kier alpha value is -2.88. The highest BCUT2D eigenvalue weighted by Crippen LogP contribution is 2.30. The molecule has 0 N–H and O–H groups in total. The van der Waals surface area contributed by atoms with Crippen LogP contribution in [-0.2, 0) is 0 Å². The van der Waals surface area contributed by atoms with Crippen LogP contribution in [0, 0.1) is 6.92 Å². The summed E-state index contributed by atoms with van der Waals surface area (Å²) in [6.07, 6.45) is 5.14. The fourth-order valence-corrected chi connectivity index (χ4v) is 3.50. The molecule has 0 radical (unpaired) electrons. The normalized spacial score (nSPS) is 14.4. The molecule has 0 atom stereocenters. The third-order valence-corrected chi connectivity index (χ3v) is 5.04. The van der Waals surface area contributed by atoms with E-state index in [0.29, 0.717) is 17.5 Å². The van der Waals surface area contributed by atoms with Crippen molar-refractivity contribution in [1.29, 1.82) is 0 Å². The number of aryl methyl sites for hydroxylation is 1. The lowest BCUT2D eigenvalue weighted by Gasteiger charge is -2.15. The van der Waals surface area contributed by atoms with Crippen LogP contribution in [0.4, 0.5) is 0 Å². The topological polar surface area (TPSA) is 48.4 Å². The lowest BCUT2D eigenvalue weighted by atomic mass is 10.1. The maximum absolute atomic E-state index is 11.5. The van der Waals surface area contributed by atoms with Crippen LogP contribution < -0.4 is 9.47 Å². The second-order valence-corrected chi connectivity index (χ2v) is 7.17. The third-order valence-electron chi connectivity index (χ3n) is 5.04. The fraction of sp³-hybridized carbons (Fsp3) is 0.304. The first kappa shape index (κ1) is 17.5. The number of rotatable bonds is 5. The molecule has 1 heterocycles. The van der Waals surface area contributed by atoms with Gasteiger partial charge in [0.25, 0.3) is 0 Å². The minimum atomic E-state index is 0.0489. The second-order valence-electron chi connectivity index (χ2n) is 7.17. The van der Waals surface area contributed by atoms with E-state index in [0.717, 1.165) is 40.8 Å². The second kappa shape index (κ2) is 7.39. The van der Waals surface area contributed by atoms with Crippen LogP contribution in [0.5, 0.6) is 17.4 Å². The van der Waals surface area contributed by atoms with E-state index in [2.05, 4.69) is 4.98 Å². The summed E-state index contributed by atoms with van der Waals surface area (Å²) in [4.78, 5) is 16.1. The van der Waals surface area contributed by atoms with E-state index >= 15 is 0 Å². The molecule has 1 aromatic heterocycles. The Morgan fingerprint density at radius 2 is 1.85 bits per heavy atom. The van der Waals surface area contributed by atoms with E-state index < -0.39 is 0 Å². The number of carbonyl (C=O) groups is 1. The van der Waals surface area contributed by atoms with Crippen LogP contribution in [0.1, 0.15) is 48.5 Å². The van der Waals surface area contributed by atoms with E-state index in [1.54, 1.807) is 13.0 Å². The molecule has 1 saturated carbocycles. The molecule has 0 unspecified atom stereocenters. The molecule has 4 heteroatoms. The molecular weight excluding hydrogens is 338 g/mol. The monoisotopic (exact) mass is 361 g/mol. The first-order valence-electron chi connectivity index (χ1n) is 9.45. The molecule has 1 aliphatic rings. The van der Waals surface area contributed by atoms with Crippen LogP contribution in [0.25, 0.3) is 10.9 Å². The molecule has 0 amide bonds. The third kappa shape index (κ3) is 3.95. The molecule has 0 spiro atoms. The van der Waals surface area contributed by atoms with Gasteiger partial charge < -0.3 is 9.47 Å². The van der Waals surface area contributed by atoms with E-state index in [-0.39, 0.29) is 5.78 Å². The van der Waals surface area contributed by atoms with Gasteiger partial charge in [0.15, 0.2) is 5.78 Å². The predicted molar refractivity (Wildman–Crippen MR) is 106 cm³/mol. The van der Waals surface area contributed by atoms with Crippen molar-refractivity contribution in [2.24, 2.45) is 0 Å². The standard InChI is InChI=1S/C23H23NO3/c1-15-13-20(26-19-5-3-4-6-19)9-11-22(15)27-23-12-8-18-14-17(16(2)25)7-10-21(18)24-23/h7-14,19H,3-6H2,1-2H3. The number of fused-ring (bicyclic) bond motifs is 1. The highest BCUT2D eigenvalue weighted by atomic mass is 16.5. The Morgan fingerprint density at radius 1 is 1.04 bits per heavy atom. The van der Waals surface area contributed by atoms with Crippen molar-refractivity contribution in [3.05, 3.63) is 59.7 Å². The zero-order valence-corrected chi connectivity index (χ0v) is 15.7. The molecule has 0 aliphatic heterocycles. The molecule has 1 aliphatic carbocycles. The molecule has 1 fully saturated rings. The van der Waals surface area contributed by atoms with Gasteiger partial charge in [-0.15, -0.1) is 0 Å².